The van der Waals surface area contributed by atoms with Crippen LogP contribution in [0.25, 0.3) is 10.9 Å². The largest absolute Gasteiger partial charge is 0.497 e. The molecule has 136 valence electrons. The van der Waals surface area contributed by atoms with Gasteiger partial charge in [-0.1, -0.05) is 18.2 Å². The molecule has 1 aromatic heterocycles. The second-order valence-electron chi connectivity index (χ2n) is 5.93. The van der Waals surface area contributed by atoms with E-state index in [-0.39, 0.29) is 6.42 Å². The lowest BCUT2D eigenvalue weighted by atomic mass is 9.87. The minimum Gasteiger partial charge on any atom is -0.497 e. The summed E-state index contributed by atoms with van der Waals surface area (Å²) in [7, 11) is 1.51. The van der Waals surface area contributed by atoms with Gasteiger partial charge in [-0.25, -0.2) is 0 Å². The van der Waals surface area contributed by atoms with Crippen LogP contribution in [-0.2, 0) is 11.0 Å². The van der Waals surface area contributed by atoms with Gasteiger partial charge < -0.3 is 14.8 Å². The molecule has 0 aliphatic heterocycles. The molecule has 3 rings (SSSR count). The molecule has 2 aromatic carbocycles. The Morgan fingerprint density at radius 3 is 2.65 bits per heavy atom. The van der Waals surface area contributed by atoms with Crippen LogP contribution in [-0.4, -0.2) is 23.2 Å². The van der Waals surface area contributed by atoms with E-state index in [1.165, 1.54) is 19.2 Å². The maximum atomic E-state index is 13.0. The molecule has 0 aliphatic carbocycles. The van der Waals surface area contributed by atoms with Crippen LogP contribution in [0.4, 0.5) is 13.2 Å². The number of aromatic amines is 1. The minimum atomic E-state index is -4.49. The fraction of sp³-hybridized carbons (Fsp3) is 0.211. The van der Waals surface area contributed by atoms with E-state index in [1.54, 1.807) is 24.4 Å². The summed E-state index contributed by atoms with van der Waals surface area (Å²) in [5.74, 6) is -1.24. The van der Waals surface area contributed by atoms with Gasteiger partial charge in [0.25, 0.3) is 0 Å². The van der Waals surface area contributed by atoms with Crippen molar-refractivity contribution < 1.29 is 27.8 Å². The highest BCUT2D eigenvalue weighted by molar-refractivity contribution is 5.86. The topological polar surface area (TPSA) is 62.3 Å². The van der Waals surface area contributed by atoms with E-state index in [9.17, 15) is 23.1 Å². The fourth-order valence-electron chi connectivity index (χ4n) is 3.05. The normalized spacial score (nSPS) is 12.9. The zero-order chi connectivity index (χ0) is 18.9. The zero-order valence-corrected chi connectivity index (χ0v) is 13.8. The molecule has 0 bridgehead atoms. The van der Waals surface area contributed by atoms with Crippen LogP contribution in [0.2, 0.25) is 0 Å². The number of nitrogens with one attached hydrogen (secondary N) is 1. The second kappa shape index (κ2) is 6.74. The Hall–Kier alpha value is -2.96. The number of aromatic nitrogens is 1. The van der Waals surface area contributed by atoms with Crippen molar-refractivity contribution >= 4 is 16.9 Å². The van der Waals surface area contributed by atoms with Crippen molar-refractivity contribution in [3.05, 3.63) is 65.4 Å². The van der Waals surface area contributed by atoms with E-state index in [0.717, 1.165) is 17.6 Å². The van der Waals surface area contributed by atoms with Gasteiger partial charge in [-0.05, 0) is 35.4 Å². The zero-order valence-electron chi connectivity index (χ0n) is 13.8. The first-order chi connectivity index (χ1) is 12.3. The Morgan fingerprint density at radius 2 is 2.00 bits per heavy atom. The molecule has 1 atom stereocenters. The first-order valence-electron chi connectivity index (χ1n) is 7.83. The molecule has 26 heavy (non-hydrogen) atoms. The molecule has 0 unspecified atom stereocenters. The molecule has 0 aliphatic rings. The van der Waals surface area contributed by atoms with Gasteiger partial charge in [0.05, 0.1) is 19.1 Å². The quantitative estimate of drug-likeness (QED) is 0.684. The number of aliphatic carboxylic acids is 1. The van der Waals surface area contributed by atoms with Gasteiger partial charge in [-0.15, -0.1) is 0 Å². The van der Waals surface area contributed by atoms with Gasteiger partial charge in [-0.2, -0.15) is 13.2 Å². The molecule has 7 heteroatoms. The summed E-state index contributed by atoms with van der Waals surface area (Å²) in [6.07, 6.45) is -3.18. The van der Waals surface area contributed by atoms with E-state index in [1.807, 2.05) is 0 Å². The SMILES string of the molecule is COc1ccc2[nH]cc([C@H](CC(=O)O)c3cccc(C(F)(F)F)c3)c2c1. The van der Waals surface area contributed by atoms with Crippen LogP contribution >= 0.6 is 0 Å². The van der Waals surface area contributed by atoms with Crippen LogP contribution in [0.3, 0.4) is 0 Å². The van der Waals surface area contributed by atoms with Crippen molar-refractivity contribution in [1.29, 1.82) is 0 Å². The Morgan fingerprint density at radius 1 is 1.23 bits per heavy atom. The summed E-state index contributed by atoms with van der Waals surface area (Å²) in [6, 6.07) is 10.1. The van der Waals surface area contributed by atoms with Crippen LogP contribution < -0.4 is 4.74 Å². The predicted octanol–water partition coefficient (Wildman–Crippen LogP) is 4.80. The summed E-state index contributed by atoms with van der Waals surface area (Å²) in [5.41, 5.74) is 0.859. The first-order valence-corrected chi connectivity index (χ1v) is 7.83. The van der Waals surface area contributed by atoms with Gasteiger partial charge in [0.1, 0.15) is 5.75 Å². The molecule has 0 radical (unpaired) electrons. The number of carboxylic acids is 1. The van der Waals surface area contributed by atoms with Gasteiger partial charge in [0, 0.05) is 23.0 Å². The Balaban J connectivity index is 2.14. The van der Waals surface area contributed by atoms with Crippen molar-refractivity contribution in [2.75, 3.05) is 7.11 Å². The van der Waals surface area contributed by atoms with Crippen LogP contribution in [0, 0.1) is 0 Å². The Labute approximate surface area is 147 Å². The Kier molecular flexibility index (Phi) is 4.63. The van der Waals surface area contributed by atoms with E-state index in [4.69, 9.17) is 4.74 Å². The number of carboxylic acid groups (broad SMARTS) is 1. The number of methoxy groups -OCH3 is 1. The second-order valence-corrected chi connectivity index (χ2v) is 5.93. The molecule has 1 heterocycles. The molecule has 0 amide bonds. The smallest absolute Gasteiger partial charge is 0.416 e. The van der Waals surface area contributed by atoms with E-state index in [2.05, 4.69) is 4.98 Å². The Bertz CT molecular complexity index is 947. The molecular weight excluding hydrogens is 347 g/mol. The lowest BCUT2D eigenvalue weighted by molar-refractivity contribution is -0.138. The summed E-state index contributed by atoms with van der Waals surface area (Å²) in [4.78, 5) is 14.4. The van der Waals surface area contributed by atoms with Crippen LogP contribution in [0.1, 0.15) is 29.0 Å². The highest BCUT2D eigenvalue weighted by Gasteiger charge is 2.31. The average molecular weight is 363 g/mol. The maximum Gasteiger partial charge on any atom is 0.416 e. The molecule has 2 N–H and O–H groups in total. The van der Waals surface area contributed by atoms with Crippen molar-refractivity contribution in [2.45, 2.75) is 18.5 Å². The minimum absolute atomic E-state index is 0.297. The van der Waals surface area contributed by atoms with E-state index >= 15 is 0 Å². The molecule has 0 saturated heterocycles. The summed E-state index contributed by atoms with van der Waals surface area (Å²) < 4.78 is 44.3. The lowest BCUT2D eigenvalue weighted by Crippen LogP contribution is -2.10. The third kappa shape index (κ3) is 3.51. The highest BCUT2D eigenvalue weighted by atomic mass is 19.4. The standard InChI is InChI=1S/C19H16F3NO3/c1-26-13-5-6-17-15(8-13)16(10-23-17)14(9-18(24)25)11-3-2-4-12(7-11)19(20,21)22/h2-8,10,14,23H,9H2,1H3,(H,24,25)/t14-/m1/s1. The first kappa shape index (κ1) is 17.8. The lowest BCUT2D eigenvalue weighted by Gasteiger charge is -2.17. The van der Waals surface area contributed by atoms with Gasteiger partial charge >= 0.3 is 12.1 Å². The monoisotopic (exact) mass is 363 g/mol. The number of hydrogen-bond donors (Lipinski definition) is 2. The van der Waals surface area contributed by atoms with Gasteiger partial charge in [-0.3, -0.25) is 4.79 Å². The van der Waals surface area contributed by atoms with Crippen molar-refractivity contribution in [3.63, 3.8) is 0 Å². The fourth-order valence-corrected chi connectivity index (χ4v) is 3.05. The van der Waals surface area contributed by atoms with E-state index in [0.29, 0.717) is 22.3 Å². The van der Waals surface area contributed by atoms with Gasteiger partial charge in [0.2, 0.25) is 0 Å². The predicted molar refractivity (Wildman–Crippen MR) is 90.4 cm³/mol. The van der Waals surface area contributed by atoms with Crippen molar-refractivity contribution in [3.8, 4) is 5.75 Å². The molecule has 0 fully saturated rings. The molecule has 0 spiro atoms. The number of H-pyrrole nitrogens is 1. The molecule has 3 aromatic rings. The third-order valence-corrected chi connectivity index (χ3v) is 4.29. The highest BCUT2D eigenvalue weighted by Crippen LogP contribution is 2.37. The number of fused-ring (bicyclic) bond motifs is 1. The van der Waals surface area contributed by atoms with E-state index < -0.39 is 23.6 Å². The van der Waals surface area contributed by atoms with Crippen molar-refractivity contribution in [1.82, 2.24) is 4.98 Å². The molecular formula is C19H16F3NO3. The third-order valence-electron chi connectivity index (χ3n) is 4.29. The number of carbonyl (C=O) groups is 1. The van der Waals surface area contributed by atoms with Gasteiger partial charge in [0.15, 0.2) is 0 Å². The summed E-state index contributed by atoms with van der Waals surface area (Å²) >= 11 is 0. The number of hydrogen-bond acceptors (Lipinski definition) is 2. The number of ether oxygens (including phenoxy) is 1. The number of halogens is 3. The maximum absolute atomic E-state index is 13.0. The summed E-state index contributed by atoms with van der Waals surface area (Å²) in [5, 5.41) is 10.0. The summed E-state index contributed by atoms with van der Waals surface area (Å²) in [6.45, 7) is 0. The van der Waals surface area contributed by atoms with Crippen LogP contribution in [0.5, 0.6) is 5.75 Å². The van der Waals surface area contributed by atoms with Crippen LogP contribution in [0.15, 0.2) is 48.7 Å². The number of alkyl halides is 3. The molecule has 0 saturated carbocycles. The van der Waals surface area contributed by atoms with Crippen molar-refractivity contribution in [2.24, 2.45) is 0 Å². The number of benzene rings is 2. The molecule has 4 nitrogen and oxygen atoms in total. The average Bonchev–Trinajstić information content (AvgIpc) is 3.01. The number of rotatable bonds is 5.